The van der Waals surface area contributed by atoms with Gasteiger partial charge in [-0.25, -0.2) is 0 Å². The van der Waals surface area contributed by atoms with Crippen LogP contribution in [0.4, 0.5) is 0 Å². The first-order chi connectivity index (χ1) is 17.3. The van der Waals surface area contributed by atoms with Crippen LogP contribution in [-0.4, -0.2) is 23.0 Å². The van der Waals surface area contributed by atoms with Crippen LogP contribution in [0.15, 0.2) is 115 Å². The second-order valence-electron chi connectivity index (χ2n) is 9.04. The highest BCUT2D eigenvalue weighted by molar-refractivity contribution is 5.85. The molecule has 0 bridgehead atoms. The predicted molar refractivity (Wildman–Crippen MR) is 152 cm³/mol. The molecule has 0 aliphatic heterocycles. The third-order valence-electron chi connectivity index (χ3n) is 6.49. The van der Waals surface area contributed by atoms with Crippen LogP contribution in [0.1, 0.15) is 22.3 Å². The molecule has 0 radical (unpaired) electrons. The van der Waals surface area contributed by atoms with Crippen molar-refractivity contribution in [1.82, 2.24) is 9.88 Å². The summed E-state index contributed by atoms with van der Waals surface area (Å²) in [5.74, 6) is 0.910. The summed E-state index contributed by atoms with van der Waals surface area (Å²) in [5.41, 5.74) is 6.42. The largest absolute Gasteiger partial charge is 0.489 e. The van der Waals surface area contributed by atoms with E-state index in [1.807, 2.05) is 24.3 Å². The summed E-state index contributed by atoms with van der Waals surface area (Å²) in [6.45, 7) is 3.58. The SMILES string of the molecule is Cl.c1ccc(CCN(CCc2c[nH]c3ccc(OCc4ccccc4)cc23)Cc2ccccc2)cc1. The lowest BCUT2D eigenvalue weighted by atomic mass is 10.1. The molecule has 0 atom stereocenters. The van der Waals surface area contributed by atoms with E-state index >= 15 is 0 Å². The molecule has 0 aliphatic carbocycles. The van der Waals surface area contributed by atoms with Gasteiger partial charge in [-0.15, -0.1) is 12.4 Å². The minimum atomic E-state index is 0. The van der Waals surface area contributed by atoms with E-state index in [1.54, 1.807) is 0 Å². The average molecular weight is 497 g/mol. The number of H-pyrrole nitrogens is 1. The van der Waals surface area contributed by atoms with Gasteiger partial charge < -0.3 is 9.72 Å². The lowest BCUT2D eigenvalue weighted by molar-refractivity contribution is 0.272. The van der Waals surface area contributed by atoms with Gasteiger partial charge in [-0.2, -0.15) is 0 Å². The summed E-state index contributed by atoms with van der Waals surface area (Å²) in [7, 11) is 0. The lowest BCUT2D eigenvalue weighted by Gasteiger charge is -2.22. The van der Waals surface area contributed by atoms with Gasteiger partial charge in [0.2, 0.25) is 0 Å². The van der Waals surface area contributed by atoms with Gasteiger partial charge in [0.05, 0.1) is 0 Å². The van der Waals surface area contributed by atoms with Crippen LogP contribution in [-0.2, 0) is 26.0 Å². The molecule has 0 unspecified atom stereocenters. The Kier molecular flexibility index (Phi) is 9.21. The zero-order valence-electron chi connectivity index (χ0n) is 20.5. The molecular weight excluding hydrogens is 464 g/mol. The molecule has 5 aromatic rings. The molecule has 0 amide bonds. The molecule has 5 rings (SSSR count). The topological polar surface area (TPSA) is 28.3 Å². The van der Waals surface area contributed by atoms with Gasteiger partial charge in [-0.05, 0) is 53.3 Å². The van der Waals surface area contributed by atoms with Crippen molar-refractivity contribution in [2.75, 3.05) is 13.1 Å². The number of fused-ring (bicyclic) bond motifs is 1. The van der Waals surface area contributed by atoms with Gasteiger partial charge in [0.1, 0.15) is 12.4 Å². The summed E-state index contributed by atoms with van der Waals surface area (Å²) in [6.07, 6.45) is 4.20. The van der Waals surface area contributed by atoms with Crippen molar-refractivity contribution in [3.05, 3.63) is 138 Å². The van der Waals surface area contributed by atoms with Crippen molar-refractivity contribution in [2.45, 2.75) is 26.0 Å². The van der Waals surface area contributed by atoms with Crippen molar-refractivity contribution in [2.24, 2.45) is 0 Å². The Hall–Kier alpha value is -3.53. The Balaban J connectivity index is 0.00000304. The fraction of sp³-hybridized carbons (Fsp3) is 0.188. The smallest absolute Gasteiger partial charge is 0.120 e. The number of hydrogen-bond acceptors (Lipinski definition) is 2. The van der Waals surface area contributed by atoms with Gasteiger partial charge in [-0.1, -0.05) is 91.0 Å². The van der Waals surface area contributed by atoms with Crippen molar-refractivity contribution in [3.63, 3.8) is 0 Å². The minimum Gasteiger partial charge on any atom is -0.489 e. The second kappa shape index (κ2) is 13.0. The Morgan fingerprint density at radius 2 is 1.25 bits per heavy atom. The highest BCUT2D eigenvalue weighted by Gasteiger charge is 2.11. The summed E-state index contributed by atoms with van der Waals surface area (Å²) in [4.78, 5) is 6.01. The zero-order chi connectivity index (χ0) is 23.7. The highest BCUT2D eigenvalue weighted by atomic mass is 35.5. The van der Waals surface area contributed by atoms with Gasteiger partial charge in [0.15, 0.2) is 0 Å². The molecule has 1 N–H and O–H groups in total. The van der Waals surface area contributed by atoms with Crippen LogP contribution in [0.5, 0.6) is 5.75 Å². The maximum atomic E-state index is 6.09. The Labute approximate surface area is 220 Å². The van der Waals surface area contributed by atoms with Gasteiger partial charge in [-0.3, -0.25) is 4.90 Å². The van der Waals surface area contributed by atoms with Crippen LogP contribution >= 0.6 is 12.4 Å². The number of halogens is 1. The molecule has 4 heteroatoms. The van der Waals surface area contributed by atoms with Crippen LogP contribution in [0, 0.1) is 0 Å². The number of hydrogen-bond donors (Lipinski definition) is 1. The summed E-state index contributed by atoms with van der Waals surface area (Å²) >= 11 is 0. The molecule has 36 heavy (non-hydrogen) atoms. The quantitative estimate of drug-likeness (QED) is 0.205. The van der Waals surface area contributed by atoms with Crippen LogP contribution in [0.2, 0.25) is 0 Å². The van der Waals surface area contributed by atoms with E-state index in [0.29, 0.717) is 6.61 Å². The Bertz CT molecular complexity index is 1320. The molecule has 0 saturated carbocycles. The van der Waals surface area contributed by atoms with E-state index in [1.165, 1.54) is 27.6 Å². The van der Waals surface area contributed by atoms with E-state index in [-0.39, 0.29) is 12.4 Å². The molecule has 1 heterocycles. The fourth-order valence-corrected chi connectivity index (χ4v) is 4.52. The normalized spacial score (nSPS) is 10.9. The van der Waals surface area contributed by atoms with Crippen molar-refractivity contribution in [3.8, 4) is 5.75 Å². The minimum absolute atomic E-state index is 0. The number of aromatic amines is 1. The predicted octanol–water partition coefficient (Wildman–Crippen LogP) is 7.46. The zero-order valence-corrected chi connectivity index (χ0v) is 21.3. The number of rotatable bonds is 11. The molecule has 1 aromatic heterocycles. The van der Waals surface area contributed by atoms with E-state index in [4.69, 9.17) is 4.74 Å². The third-order valence-corrected chi connectivity index (χ3v) is 6.49. The monoisotopic (exact) mass is 496 g/mol. The first kappa shape index (κ1) is 25.6. The third kappa shape index (κ3) is 7.00. The van der Waals surface area contributed by atoms with Crippen LogP contribution in [0.3, 0.4) is 0 Å². The van der Waals surface area contributed by atoms with E-state index in [2.05, 4.69) is 101 Å². The molecular formula is C32H33ClN2O. The summed E-state index contributed by atoms with van der Waals surface area (Å²) in [6, 6.07) is 38.2. The van der Waals surface area contributed by atoms with Crippen molar-refractivity contribution in [1.29, 1.82) is 0 Å². The fourth-order valence-electron chi connectivity index (χ4n) is 4.52. The molecule has 184 valence electrons. The van der Waals surface area contributed by atoms with Crippen LogP contribution < -0.4 is 4.74 Å². The van der Waals surface area contributed by atoms with E-state index in [0.717, 1.165) is 43.7 Å². The second-order valence-corrected chi connectivity index (χ2v) is 9.04. The summed E-state index contributed by atoms with van der Waals surface area (Å²) in [5, 5.41) is 1.25. The highest BCUT2D eigenvalue weighted by Crippen LogP contribution is 2.25. The number of nitrogens with one attached hydrogen (secondary N) is 1. The Morgan fingerprint density at radius 1 is 0.639 bits per heavy atom. The number of nitrogens with zero attached hydrogens (tertiary/aromatic N) is 1. The van der Waals surface area contributed by atoms with Crippen molar-refractivity contribution < 1.29 is 4.74 Å². The van der Waals surface area contributed by atoms with E-state index < -0.39 is 0 Å². The van der Waals surface area contributed by atoms with Gasteiger partial charge in [0.25, 0.3) is 0 Å². The van der Waals surface area contributed by atoms with Gasteiger partial charge in [0, 0.05) is 36.7 Å². The Morgan fingerprint density at radius 3 is 1.94 bits per heavy atom. The number of aromatic nitrogens is 1. The number of benzene rings is 4. The maximum Gasteiger partial charge on any atom is 0.120 e. The summed E-state index contributed by atoms with van der Waals surface area (Å²) < 4.78 is 6.09. The maximum absolute atomic E-state index is 6.09. The first-order valence-corrected chi connectivity index (χ1v) is 12.4. The molecule has 3 nitrogen and oxygen atoms in total. The molecule has 0 saturated heterocycles. The van der Waals surface area contributed by atoms with Crippen LogP contribution in [0.25, 0.3) is 10.9 Å². The molecule has 0 fully saturated rings. The number of ether oxygens (including phenoxy) is 1. The molecule has 0 spiro atoms. The van der Waals surface area contributed by atoms with Crippen molar-refractivity contribution >= 4 is 23.3 Å². The lowest BCUT2D eigenvalue weighted by Crippen LogP contribution is -2.28. The standard InChI is InChI=1S/C32H32N2O.ClH/c1-4-10-26(11-5-1)18-20-34(24-27-12-6-2-7-13-27)21-19-29-23-33-32-17-16-30(22-31(29)32)35-25-28-14-8-3-9-15-28;/h1-17,22-23,33H,18-21,24-25H2;1H. The van der Waals surface area contributed by atoms with Gasteiger partial charge >= 0.3 is 0 Å². The molecule has 4 aromatic carbocycles. The van der Waals surface area contributed by atoms with E-state index in [9.17, 15) is 0 Å². The average Bonchev–Trinajstić information content (AvgIpc) is 3.33. The first-order valence-electron chi connectivity index (χ1n) is 12.4. The molecule has 0 aliphatic rings.